The van der Waals surface area contributed by atoms with Crippen LogP contribution in [0.3, 0.4) is 0 Å². The Balaban J connectivity index is 1.78. The minimum absolute atomic E-state index is 0.164. The van der Waals surface area contributed by atoms with Crippen LogP contribution in [0.4, 0.5) is 10.1 Å². The van der Waals surface area contributed by atoms with Gasteiger partial charge in [0.25, 0.3) is 0 Å². The van der Waals surface area contributed by atoms with E-state index in [1.54, 1.807) is 45.0 Å². The molecule has 9 heteroatoms. The van der Waals surface area contributed by atoms with Crippen molar-refractivity contribution in [3.05, 3.63) is 53.6 Å². The highest BCUT2D eigenvalue weighted by Gasteiger charge is 2.22. The molecular formula is C22H27FN4O3S. The quantitative estimate of drug-likeness (QED) is 0.573. The van der Waals surface area contributed by atoms with E-state index in [0.29, 0.717) is 36.5 Å². The largest absolute Gasteiger partial charge is 0.331 e. The van der Waals surface area contributed by atoms with Crippen LogP contribution in [0.15, 0.2) is 41.3 Å². The molecule has 0 saturated heterocycles. The normalized spacial score (nSPS) is 11.9. The van der Waals surface area contributed by atoms with Crippen LogP contribution in [0, 0.1) is 12.7 Å². The van der Waals surface area contributed by atoms with Crippen LogP contribution in [0.1, 0.15) is 31.7 Å². The summed E-state index contributed by atoms with van der Waals surface area (Å²) in [5, 5.41) is 2.73. The molecule has 2 aromatic carbocycles. The van der Waals surface area contributed by atoms with Crippen LogP contribution in [0.5, 0.6) is 0 Å². The fraction of sp³-hybridized carbons (Fsp3) is 0.364. The van der Waals surface area contributed by atoms with Gasteiger partial charge in [0, 0.05) is 38.7 Å². The third-order valence-corrected chi connectivity index (χ3v) is 7.38. The smallest absolute Gasteiger partial charge is 0.243 e. The minimum Gasteiger partial charge on any atom is -0.331 e. The van der Waals surface area contributed by atoms with Crippen molar-refractivity contribution in [2.45, 2.75) is 38.5 Å². The lowest BCUT2D eigenvalue weighted by Gasteiger charge is -2.18. The summed E-state index contributed by atoms with van der Waals surface area (Å²) in [7, 11) is -1.74. The molecule has 0 unspecified atom stereocenters. The number of anilines is 1. The minimum atomic E-state index is -3.57. The average Bonchev–Trinajstić information content (AvgIpc) is 3.05. The number of amides is 1. The summed E-state index contributed by atoms with van der Waals surface area (Å²) in [6.45, 7) is 6.18. The molecule has 0 atom stereocenters. The molecule has 166 valence electrons. The molecule has 7 nitrogen and oxygen atoms in total. The van der Waals surface area contributed by atoms with Crippen molar-refractivity contribution < 1.29 is 17.6 Å². The number of fused-ring (bicyclic) bond motifs is 1. The zero-order valence-electron chi connectivity index (χ0n) is 18.1. The zero-order chi connectivity index (χ0) is 22.8. The van der Waals surface area contributed by atoms with Crippen molar-refractivity contribution in [1.82, 2.24) is 13.9 Å². The van der Waals surface area contributed by atoms with E-state index < -0.39 is 15.8 Å². The Hall–Kier alpha value is -2.78. The van der Waals surface area contributed by atoms with Gasteiger partial charge in [-0.25, -0.2) is 17.8 Å². The number of nitrogens with one attached hydrogen (secondary N) is 1. The summed E-state index contributed by atoms with van der Waals surface area (Å²) in [5.74, 6) is 0.00998. The number of halogens is 1. The number of carbonyl (C=O) groups is 1. The molecule has 3 rings (SSSR count). The molecule has 3 aromatic rings. The van der Waals surface area contributed by atoms with Gasteiger partial charge in [0.05, 0.1) is 15.9 Å². The number of aromatic nitrogens is 2. The highest BCUT2D eigenvalue weighted by molar-refractivity contribution is 7.89. The maximum atomic E-state index is 13.4. The highest BCUT2D eigenvalue weighted by Crippen LogP contribution is 2.23. The average molecular weight is 447 g/mol. The Kier molecular flexibility index (Phi) is 6.76. The molecule has 0 aliphatic rings. The molecule has 0 radical (unpaired) electrons. The molecule has 0 spiro atoms. The zero-order valence-corrected chi connectivity index (χ0v) is 19.0. The van der Waals surface area contributed by atoms with Crippen molar-refractivity contribution in [3.63, 3.8) is 0 Å². The Bertz CT molecular complexity index is 1220. The van der Waals surface area contributed by atoms with Gasteiger partial charge in [0.1, 0.15) is 11.6 Å². The third kappa shape index (κ3) is 4.77. The van der Waals surface area contributed by atoms with E-state index in [1.807, 2.05) is 11.6 Å². The van der Waals surface area contributed by atoms with Crippen LogP contribution in [0.25, 0.3) is 11.0 Å². The van der Waals surface area contributed by atoms with E-state index in [1.165, 1.54) is 16.4 Å². The van der Waals surface area contributed by atoms with Gasteiger partial charge in [-0.2, -0.15) is 4.31 Å². The van der Waals surface area contributed by atoms with Crippen LogP contribution >= 0.6 is 0 Å². The van der Waals surface area contributed by atoms with E-state index >= 15 is 0 Å². The number of carbonyl (C=O) groups excluding carboxylic acids is 1. The number of rotatable bonds is 8. The molecule has 0 bridgehead atoms. The van der Waals surface area contributed by atoms with Gasteiger partial charge in [-0.3, -0.25) is 4.79 Å². The summed E-state index contributed by atoms with van der Waals surface area (Å²) in [5.41, 5.74) is 2.57. The van der Waals surface area contributed by atoms with Crippen LogP contribution in [-0.2, 0) is 28.3 Å². The van der Waals surface area contributed by atoms with Crippen LogP contribution < -0.4 is 5.32 Å². The lowest BCUT2D eigenvalue weighted by molar-refractivity contribution is -0.116. The Labute approximate surface area is 181 Å². The van der Waals surface area contributed by atoms with Crippen LogP contribution in [-0.4, -0.2) is 41.3 Å². The van der Waals surface area contributed by atoms with Crippen LogP contribution in [0.2, 0.25) is 0 Å². The van der Waals surface area contributed by atoms with Crippen molar-refractivity contribution >= 4 is 32.7 Å². The Morgan fingerprint density at radius 3 is 2.55 bits per heavy atom. The second kappa shape index (κ2) is 9.15. The standard InChI is InChI=1S/C22H27FN4O3S/c1-5-27(6-2)31(29,30)17-9-10-20-19(14-17)24-21(26(20)4)11-12-22(28)25-18-13-16(23)8-7-15(18)3/h7-10,13-14H,5-6,11-12H2,1-4H3,(H,25,28). The molecule has 1 amide bonds. The first-order valence-corrected chi connectivity index (χ1v) is 11.6. The molecule has 1 aromatic heterocycles. The maximum Gasteiger partial charge on any atom is 0.243 e. The number of benzene rings is 2. The fourth-order valence-electron chi connectivity index (χ4n) is 3.49. The summed E-state index contributed by atoms with van der Waals surface area (Å²) in [6.07, 6.45) is 0.529. The molecular weight excluding hydrogens is 419 g/mol. The van der Waals surface area contributed by atoms with E-state index in [-0.39, 0.29) is 17.2 Å². The summed E-state index contributed by atoms with van der Waals surface area (Å²) in [4.78, 5) is 17.1. The number of hydrogen-bond acceptors (Lipinski definition) is 4. The first-order valence-electron chi connectivity index (χ1n) is 10.2. The number of nitrogens with zero attached hydrogens (tertiary/aromatic N) is 3. The molecule has 0 fully saturated rings. The van der Waals surface area contributed by atoms with E-state index in [9.17, 15) is 17.6 Å². The monoisotopic (exact) mass is 446 g/mol. The number of hydrogen-bond donors (Lipinski definition) is 1. The predicted octanol–water partition coefficient (Wildman–Crippen LogP) is 3.62. The third-order valence-electron chi connectivity index (χ3n) is 5.34. The van der Waals surface area contributed by atoms with E-state index in [2.05, 4.69) is 10.3 Å². The number of imidazole rings is 1. The van der Waals surface area contributed by atoms with Gasteiger partial charge < -0.3 is 9.88 Å². The topological polar surface area (TPSA) is 84.3 Å². The first-order chi connectivity index (χ1) is 14.7. The van der Waals surface area contributed by atoms with Crippen molar-refractivity contribution in [2.75, 3.05) is 18.4 Å². The Morgan fingerprint density at radius 1 is 1.16 bits per heavy atom. The summed E-state index contributed by atoms with van der Waals surface area (Å²) < 4.78 is 42.2. The molecule has 0 aliphatic heterocycles. The lowest BCUT2D eigenvalue weighted by Crippen LogP contribution is -2.30. The fourth-order valence-corrected chi connectivity index (χ4v) is 4.97. The number of sulfonamides is 1. The highest BCUT2D eigenvalue weighted by atomic mass is 32.2. The van der Waals surface area contributed by atoms with Crippen molar-refractivity contribution in [2.24, 2.45) is 7.05 Å². The molecule has 31 heavy (non-hydrogen) atoms. The van der Waals surface area contributed by atoms with Crippen molar-refractivity contribution in [3.8, 4) is 0 Å². The van der Waals surface area contributed by atoms with Gasteiger partial charge >= 0.3 is 0 Å². The molecule has 1 N–H and O–H groups in total. The lowest BCUT2D eigenvalue weighted by atomic mass is 10.2. The SMILES string of the molecule is CCN(CC)S(=O)(=O)c1ccc2c(c1)nc(CCC(=O)Nc1cc(F)ccc1C)n2C. The maximum absolute atomic E-state index is 13.4. The second-order valence-corrected chi connectivity index (χ2v) is 9.27. The second-order valence-electron chi connectivity index (χ2n) is 7.33. The van der Waals surface area contributed by atoms with Gasteiger partial charge in [0.2, 0.25) is 15.9 Å². The summed E-state index contributed by atoms with van der Waals surface area (Å²) in [6, 6.07) is 9.14. The molecule has 0 aliphatic carbocycles. The summed E-state index contributed by atoms with van der Waals surface area (Å²) >= 11 is 0. The van der Waals surface area contributed by atoms with Gasteiger partial charge in [-0.05, 0) is 42.8 Å². The van der Waals surface area contributed by atoms with Crippen molar-refractivity contribution in [1.29, 1.82) is 0 Å². The van der Waals surface area contributed by atoms with E-state index in [4.69, 9.17) is 0 Å². The predicted molar refractivity (Wildman–Crippen MR) is 119 cm³/mol. The number of aryl methyl sites for hydroxylation is 3. The Morgan fingerprint density at radius 2 is 1.87 bits per heavy atom. The molecule has 1 heterocycles. The van der Waals surface area contributed by atoms with Gasteiger partial charge in [-0.1, -0.05) is 19.9 Å². The first kappa shape index (κ1) is 22.9. The molecule has 0 saturated carbocycles. The van der Waals surface area contributed by atoms with Gasteiger partial charge in [0.15, 0.2) is 0 Å². The van der Waals surface area contributed by atoms with Gasteiger partial charge in [-0.15, -0.1) is 0 Å². The van der Waals surface area contributed by atoms with E-state index in [0.717, 1.165) is 11.1 Å².